The zero-order chi connectivity index (χ0) is 9.84. The zero-order valence-electron chi connectivity index (χ0n) is 6.50. The predicted molar refractivity (Wildman–Crippen MR) is 56.0 cm³/mol. The van der Waals surface area contributed by atoms with Crippen LogP contribution < -0.4 is 0 Å². The zero-order valence-corrected chi connectivity index (χ0v) is 8.84. The van der Waals surface area contributed by atoms with E-state index in [9.17, 15) is 4.79 Å². The number of benzene rings is 1. The van der Waals surface area contributed by atoms with Crippen molar-refractivity contribution in [3.63, 3.8) is 0 Å². The second-order valence-corrected chi connectivity index (χ2v) is 3.64. The largest absolute Gasteiger partial charge is 0.477 e. The van der Waals surface area contributed by atoms with Gasteiger partial charge in [-0.2, -0.15) is 0 Å². The van der Waals surface area contributed by atoms with Gasteiger partial charge in [-0.25, -0.2) is 4.79 Å². The van der Waals surface area contributed by atoms with E-state index in [2.05, 4.69) is 15.9 Å². The van der Waals surface area contributed by atoms with Crippen LogP contribution in [0.3, 0.4) is 0 Å². The van der Waals surface area contributed by atoms with Gasteiger partial charge < -0.3 is 5.11 Å². The van der Waals surface area contributed by atoms with Crippen LogP contribution in [0.25, 0.3) is 6.08 Å². The molecule has 0 atom stereocenters. The molecule has 0 heterocycles. The van der Waals surface area contributed by atoms with Gasteiger partial charge in [0, 0.05) is 5.02 Å². The average Bonchev–Trinajstić information content (AvgIpc) is 2.08. The van der Waals surface area contributed by atoms with E-state index in [4.69, 9.17) is 16.7 Å². The third-order valence-electron chi connectivity index (χ3n) is 1.37. The summed E-state index contributed by atoms with van der Waals surface area (Å²) in [7, 11) is 0. The van der Waals surface area contributed by atoms with Crippen LogP contribution in [0.1, 0.15) is 5.56 Å². The molecule has 0 fully saturated rings. The first-order valence-electron chi connectivity index (χ1n) is 3.45. The molecular weight excluding hydrogens is 255 g/mol. The molecule has 0 saturated carbocycles. The standard InChI is InChI=1S/C9H6BrClO2/c10-8(9(12)13)5-6-1-3-7(11)4-2-6/h1-5H,(H,12,13)/b8-5-. The molecule has 0 amide bonds. The van der Waals surface area contributed by atoms with Gasteiger partial charge in [-0.1, -0.05) is 23.7 Å². The number of carbonyl (C=O) groups is 1. The Morgan fingerprint density at radius 2 is 1.92 bits per heavy atom. The minimum Gasteiger partial charge on any atom is -0.477 e. The van der Waals surface area contributed by atoms with E-state index in [1.807, 2.05) is 0 Å². The maximum Gasteiger partial charge on any atom is 0.342 e. The smallest absolute Gasteiger partial charge is 0.342 e. The minimum atomic E-state index is -0.991. The maximum atomic E-state index is 10.4. The van der Waals surface area contributed by atoms with Gasteiger partial charge >= 0.3 is 5.97 Å². The van der Waals surface area contributed by atoms with Crippen LogP contribution in [0, 0.1) is 0 Å². The molecule has 0 radical (unpaired) electrons. The molecule has 0 bridgehead atoms. The lowest BCUT2D eigenvalue weighted by atomic mass is 10.2. The molecule has 4 heteroatoms. The Morgan fingerprint density at radius 1 is 1.38 bits per heavy atom. The highest BCUT2D eigenvalue weighted by molar-refractivity contribution is 9.12. The van der Waals surface area contributed by atoms with Crippen molar-refractivity contribution in [3.05, 3.63) is 39.3 Å². The fourth-order valence-electron chi connectivity index (χ4n) is 0.767. The number of carboxylic acids is 1. The Morgan fingerprint density at radius 3 is 2.38 bits per heavy atom. The second kappa shape index (κ2) is 4.44. The third kappa shape index (κ3) is 3.20. The summed E-state index contributed by atoms with van der Waals surface area (Å²) in [5.41, 5.74) is 0.790. The van der Waals surface area contributed by atoms with Gasteiger partial charge in [0.05, 0.1) is 0 Å². The molecule has 0 unspecified atom stereocenters. The molecule has 0 spiro atoms. The van der Waals surface area contributed by atoms with E-state index >= 15 is 0 Å². The van der Waals surface area contributed by atoms with Crippen molar-refractivity contribution in [1.29, 1.82) is 0 Å². The second-order valence-electron chi connectivity index (χ2n) is 2.35. The van der Waals surface area contributed by atoms with Crippen molar-refractivity contribution < 1.29 is 9.90 Å². The summed E-state index contributed by atoms with van der Waals surface area (Å²) in [4.78, 5) is 10.4. The first-order chi connectivity index (χ1) is 6.09. The first-order valence-corrected chi connectivity index (χ1v) is 4.63. The highest BCUT2D eigenvalue weighted by atomic mass is 79.9. The van der Waals surface area contributed by atoms with E-state index in [1.54, 1.807) is 24.3 Å². The van der Waals surface area contributed by atoms with Gasteiger partial charge in [-0.05, 0) is 39.7 Å². The quantitative estimate of drug-likeness (QED) is 0.830. The molecule has 0 saturated heterocycles. The van der Waals surface area contributed by atoms with E-state index in [0.29, 0.717) is 5.02 Å². The molecule has 1 rings (SSSR count). The summed E-state index contributed by atoms with van der Waals surface area (Å²) in [5.74, 6) is -0.991. The van der Waals surface area contributed by atoms with Crippen LogP contribution in [-0.2, 0) is 4.79 Å². The summed E-state index contributed by atoms with van der Waals surface area (Å²) in [6.07, 6.45) is 1.51. The molecule has 0 aliphatic carbocycles. The van der Waals surface area contributed by atoms with Gasteiger partial charge in [0.1, 0.15) is 4.48 Å². The van der Waals surface area contributed by atoms with Gasteiger partial charge in [-0.15, -0.1) is 0 Å². The SMILES string of the molecule is O=C(O)/C(Br)=C/c1ccc(Cl)cc1. The summed E-state index contributed by atoms with van der Waals surface area (Å²) in [5, 5.41) is 9.19. The molecule has 2 nitrogen and oxygen atoms in total. The topological polar surface area (TPSA) is 37.3 Å². The highest BCUT2D eigenvalue weighted by Crippen LogP contribution is 2.15. The van der Waals surface area contributed by atoms with Crippen LogP contribution in [0.4, 0.5) is 0 Å². The van der Waals surface area contributed by atoms with Crippen molar-refractivity contribution in [2.45, 2.75) is 0 Å². The summed E-state index contributed by atoms with van der Waals surface area (Å²) in [6, 6.07) is 6.89. The van der Waals surface area contributed by atoms with E-state index in [-0.39, 0.29) is 4.48 Å². The van der Waals surface area contributed by atoms with Crippen LogP contribution >= 0.6 is 27.5 Å². The van der Waals surface area contributed by atoms with Crippen molar-refractivity contribution in [3.8, 4) is 0 Å². The van der Waals surface area contributed by atoms with Crippen molar-refractivity contribution in [2.24, 2.45) is 0 Å². The Balaban J connectivity index is 2.92. The van der Waals surface area contributed by atoms with Gasteiger partial charge in [0.15, 0.2) is 0 Å². The molecule has 1 N–H and O–H groups in total. The lowest BCUT2D eigenvalue weighted by Crippen LogP contribution is -1.92. The van der Waals surface area contributed by atoms with Gasteiger partial charge in [-0.3, -0.25) is 0 Å². The van der Waals surface area contributed by atoms with Crippen LogP contribution in [0.5, 0.6) is 0 Å². The lowest BCUT2D eigenvalue weighted by molar-refractivity contribution is -0.131. The van der Waals surface area contributed by atoms with Crippen molar-refractivity contribution in [2.75, 3.05) is 0 Å². The number of hydrogen-bond donors (Lipinski definition) is 1. The van der Waals surface area contributed by atoms with Gasteiger partial charge in [0.2, 0.25) is 0 Å². The summed E-state index contributed by atoms with van der Waals surface area (Å²) >= 11 is 8.59. The molecule has 1 aromatic rings. The fraction of sp³-hybridized carbons (Fsp3) is 0. The third-order valence-corrected chi connectivity index (χ3v) is 2.19. The maximum absolute atomic E-state index is 10.4. The normalized spacial score (nSPS) is 11.4. The number of hydrogen-bond acceptors (Lipinski definition) is 1. The first kappa shape index (κ1) is 10.3. The van der Waals surface area contributed by atoms with Crippen LogP contribution in [0.15, 0.2) is 28.7 Å². The van der Waals surface area contributed by atoms with Crippen LogP contribution in [0.2, 0.25) is 5.02 Å². The summed E-state index contributed by atoms with van der Waals surface area (Å²) in [6.45, 7) is 0. The number of rotatable bonds is 2. The number of aliphatic carboxylic acids is 1. The Hall–Kier alpha value is -0.800. The fourth-order valence-corrected chi connectivity index (χ4v) is 1.16. The molecule has 13 heavy (non-hydrogen) atoms. The number of carboxylic acid groups (broad SMARTS) is 1. The molecule has 0 aliphatic heterocycles. The van der Waals surface area contributed by atoms with E-state index in [0.717, 1.165) is 5.56 Å². The Kier molecular flexibility index (Phi) is 3.51. The van der Waals surface area contributed by atoms with Crippen molar-refractivity contribution in [1.82, 2.24) is 0 Å². The minimum absolute atomic E-state index is 0.120. The number of halogens is 2. The molecular formula is C9H6BrClO2. The molecule has 1 aromatic carbocycles. The Bertz CT molecular complexity index is 343. The summed E-state index contributed by atoms with van der Waals surface area (Å²) < 4.78 is 0.120. The molecule has 0 aliphatic rings. The van der Waals surface area contributed by atoms with Crippen LogP contribution in [-0.4, -0.2) is 11.1 Å². The highest BCUT2D eigenvalue weighted by Gasteiger charge is 2.01. The van der Waals surface area contributed by atoms with Gasteiger partial charge in [0.25, 0.3) is 0 Å². The Labute approximate surface area is 89.0 Å². The lowest BCUT2D eigenvalue weighted by Gasteiger charge is -1.94. The van der Waals surface area contributed by atoms with E-state index < -0.39 is 5.97 Å². The predicted octanol–water partition coefficient (Wildman–Crippen LogP) is 3.16. The van der Waals surface area contributed by atoms with Crippen molar-refractivity contribution >= 4 is 39.6 Å². The average molecular weight is 262 g/mol. The molecule has 0 aromatic heterocycles. The monoisotopic (exact) mass is 260 g/mol. The van der Waals surface area contributed by atoms with E-state index in [1.165, 1.54) is 6.08 Å². The molecule has 68 valence electrons.